The molecule has 3 aromatic carbocycles. The minimum Gasteiger partial charge on any atom is -0.496 e. The van der Waals surface area contributed by atoms with Crippen molar-refractivity contribution >= 4 is 17.5 Å². The summed E-state index contributed by atoms with van der Waals surface area (Å²) in [5.41, 5.74) is 2.61. The Morgan fingerprint density at radius 3 is 2.47 bits per heavy atom. The fourth-order valence-corrected chi connectivity index (χ4v) is 3.35. The van der Waals surface area contributed by atoms with E-state index in [9.17, 15) is 4.79 Å². The van der Waals surface area contributed by atoms with Crippen LogP contribution in [-0.4, -0.2) is 19.1 Å². The van der Waals surface area contributed by atoms with Gasteiger partial charge in [0.15, 0.2) is 0 Å². The van der Waals surface area contributed by atoms with Gasteiger partial charge in [-0.3, -0.25) is 4.79 Å². The number of nitrogens with one attached hydrogen (secondary N) is 1. The van der Waals surface area contributed by atoms with Crippen molar-refractivity contribution in [2.75, 3.05) is 7.11 Å². The molecule has 3 rings (SSSR count). The standard InChI is InChI=1S/C25H26ClNO3/c1-18(12-13-19-8-4-3-5-9-19)27-25(28)20-14-15-23(29-2)21(16-20)17-30-24-11-7-6-10-22(24)26/h3-11,14-16,18H,12-13,17H2,1-2H3,(H,27,28)/t18-/m0/s1. The highest BCUT2D eigenvalue weighted by molar-refractivity contribution is 6.32. The first kappa shape index (κ1) is 21.7. The molecule has 0 aliphatic carbocycles. The number of hydrogen-bond donors (Lipinski definition) is 1. The summed E-state index contributed by atoms with van der Waals surface area (Å²) in [7, 11) is 1.60. The van der Waals surface area contributed by atoms with E-state index in [0.29, 0.717) is 22.1 Å². The first-order valence-electron chi connectivity index (χ1n) is 9.96. The maximum atomic E-state index is 12.7. The largest absolute Gasteiger partial charge is 0.496 e. The number of benzene rings is 3. The Kier molecular flexibility index (Phi) is 7.75. The van der Waals surface area contributed by atoms with E-state index in [2.05, 4.69) is 17.4 Å². The molecule has 156 valence electrons. The molecule has 0 unspecified atom stereocenters. The quantitative estimate of drug-likeness (QED) is 0.481. The first-order valence-corrected chi connectivity index (χ1v) is 10.3. The number of amides is 1. The van der Waals surface area contributed by atoms with Crippen LogP contribution in [0.1, 0.15) is 34.8 Å². The Morgan fingerprint density at radius 1 is 1.00 bits per heavy atom. The molecule has 30 heavy (non-hydrogen) atoms. The Labute approximate surface area is 182 Å². The minimum absolute atomic E-state index is 0.0580. The second-order valence-electron chi connectivity index (χ2n) is 7.14. The van der Waals surface area contributed by atoms with Crippen LogP contribution >= 0.6 is 11.6 Å². The molecule has 0 spiro atoms. The van der Waals surface area contributed by atoms with Gasteiger partial charge in [-0.25, -0.2) is 0 Å². The van der Waals surface area contributed by atoms with Crippen LogP contribution in [0.2, 0.25) is 5.02 Å². The van der Waals surface area contributed by atoms with Gasteiger partial charge < -0.3 is 14.8 Å². The van der Waals surface area contributed by atoms with Crippen molar-refractivity contribution in [3.05, 3.63) is 94.5 Å². The maximum Gasteiger partial charge on any atom is 0.251 e. The van der Waals surface area contributed by atoms with Crippen molar-refractivity contribution in [3.63, 3.8) is 0 Å². The van der Waals surface area contributed by atoms with Gasteiger partial charge in [0.1, 0.15) is 18.1 Å². The Hall–Kier alpha value is -2.98. The van der Waals surface area contributed by atoms with Crippen molar-refractivity contribution in [3.8, 4) is 11.5 Å². The molecule has 4 nitrogen and oxygen atoms in total. The predicted molar refractivity (Wildman–Crippen MR) is 120 cm³/mol. The summed E-state index contributed by atoms with van der Waals surface area (Å²) in [5.74, 6) is 1.14. The minimum atomic E-state index is -0.114. The van der Waals surface area contributed by atoms with E-state index in [1.165, 1.54) is 5.56 Å². The summed E-state index contributed by atoms with van der Waals surface area (Å²) in [6.07, 6.45) is 1.79. The highest BCUT2D eigenvalue weighted by Gasteiger charge is 2.14. The molecule has 0 aromatic heterocycles. The highest BCUT2D eigenvalue weighted by Crippen LogP contribution is 2.27. The van der Waals surface area contributed by atoms with Crippen LogP contribution in [0.15, 0.2) is 72.8 Å². The number of para-hydroxylation sites is 1. The lowest BCUT2D eigenvalue weighted by Crippen LogP contribution is -2.33. The van der Waals surface area contributed by atoms with E-state index in [1.807, 2.05) is 37.3 Å². The van der Waals surface area contributed by atoms with Crippen molar-refractivity contribution < 1.29 is 14.3 Å². The Balaban J connectivity index is 1.62. The number of methoxy groups -OCH3 is 1. The van der Waals surface area contributed by atoms with Crippen molar-refractivity contribution in [1.29, 1.82) is 0 Å². The van der Waals surface area contributed by atoms with E-state index in [-0.39, 0.29) is 18.6 Å². The fraction of sp³-hybridized carbons (Fsp3) is 0.240. The molecule has 5 heteroatoms. The zero-order chi connectivity index (χ0) is 21.3. The predicted octanol–water partition coefficient (Wildman–Crippen LogP) is 5.68. The fourth-order valence-electron chi connectivity index (χ4n) is 3.16. The number of carbonyl (C=O) groups is 1. The van der Waals surface area contributed by atoms with Crippen molar-refractivity contribution in [1.82, 2.24) is 5.32 Å². The van der Waals surface area contributed by atoms with Crippen LogP contribution < -0.4 is 14.8 Å². The third-order valence-corrected chi connectivity index (χ3v) is 5.16. The molecule has 3 aromatic rings. The van der Waals surface area contributed by atoms with E-state index in [1.54, 1.807) is 37.4 Å². The van der Waals surface area contributed by atoms with Gasteiger partial charge in [-0.15, -0.1) is 0 Å². The molecule has 1 amide bonds. The van der Waals surface area contributed by atoms with Crippen LogP contribution in [0.3, 0.4) is 0 Å². The number of aryl methyl sites for hydroxylation is 1. The number of ether oxygens (including phenoxy) is 2. The molecular weight excluding hydrogens is 398 g/mol. The lowest BCUT2D eigenvalue weighted by atomic mass is 10.1. The molecule has 0 fully saturated rings. The first-order chi connectivity index (χ1) is 14.6. The molecule has 0 saturated heterocycles. The van der Waals surface area contributed by atoms with Crippen LogP contribution in [-0.2, 0) is 13.0 Å². The highest BCUT2D eigenvalue weighted by atomic mass is 35.5. The van der Waals surface area contributed by atoms with E-state index >= 15 is 0 Å². The third kappa shape index (κ3) is 6.01. The molecule has 0 saturated carbocycles. The molecule has 1 atom stereocenters. The molecule has 0 radical (unpaired) electrons. The topological polar surface area (TPSA) is 47.6 Å². The average Bonchev–Trinajstić information content (AvgIpc) is 2.77. The Morgan fingerprint density at radius 2 is 1.73 bits per heavy atom. The molecule has 0 aliphatic heterocycles. The number of hydrogen-bond acceptors (Lipinski definition) is 3. The number of carbonyl (C=O) groups excluding carboxylic acids is 1. The SMILES string of the molecule is COc1ccc(C(=O)N[C@@H](C)CCc2ccccc2)cc1COc1ccccc1Cl. The van der Waals surface area contributed by atoms with Gasteiger partial charge in [-0.05, 0) is 55.7 Å². The van der Waals surface area contributed by atoms with E-state index < -0.39 is 0 Å². The molecule has 0 heterocycles. The van der Waals surface area contributed by atoms with Gasteiger partial charge in [-0.1, -0.05) is 54.1 Å². The summed E-state index contributed by atoms with van der Waals surface area (Å²) in [6.45, 7) is 2.27. The van der Waals surface area contributed by atoms with Crippen LogP contribution in [0, 0.1) is 0 Å². The van der Waals surface area contributed by atoms with E-state index in [0.717, 1.165) is 18.4 Å². The molecule has 1 N–H and O–H groups in total. The summed E-state index contributed by atoms with van der Waals surface area (Å²) in [6, 6.07) is 23.0. The smallest absolute Gasteiger partial charge is 0.251 e. The van der Waals surface area contributed by atoms with Crippen LogP contribution in [0.5, 0.6) is 11.5 Å². The molecular formula is C25H26ClNO3. The van der Waals surface area contributed by atoms with Crippen LogP contribution in [0.25, 0.3) is 0 Å². The van der Waals surface area contributed by atoms with Gasteiger partial charge in [0.2, 0.25) is 0 Å². The van der Waals surface area contributed by atoms with Crippen molar-refractivity contribution in [2.45, 2.75) is 32.4 Å². The average molecular weight is 424 g/mol. The normalized spacial score (nSPS) is 11.6. The lowest BCUT2D eigenvalue weighted by Gasteiger charge is -2.16. The van der Waals surface area contributed by atoms with Gasteiger partial charge in [0, 0.05) is 17.2 Å². The van der Waals surface area contributed by atoms with Crippen molar-refractivity contribution in [2.24, 2.45) is 0 Å². The summed E-state index contributed by atoms with van der Waals surface area (Å²) >= 11 is 6.16. The molecule has 0 aliphatic rings. The summed E-state index contributed by atoms with van der Waals surface area (Å²) in [4.78, 5) is 12.7. The number of rotatable bonds is 9. The zero-order valence-corrected chi connectivity index (χ0v) is 18.0. The second-order valence-corrected chi connectivity index (χ2v) is 7.55. The number of halogens is 1. The zero-order valence-electron chi connectivity index (χ0n) is 17.2. The lowest BCUT2D eigenvalue weighted by molar-refractivity contribution is 0.0938. The van der Waals surface area contributed by atoms with Gasteiger partial charge >= 0.3 is 0 Å². The van der Waals surface area contributed by atoms with E-state index in [4.69, 9.17) is 21.1 Å². The second kappa shape index (κ2) is 10.7. The van der Waals surface area contributed by atoms with Gasteiger partial charge in [0.25, 0.3) is 5.91 Å². The Bertz CT molecular complexity index is 975. The maximum absolute atomic E-state index is 12.7. The van der Waals surface area contributed by atoms with Gasteiger partial charge in [-0.2, -0.15) is 0 Å². The summed E-state index contributed by atoms with van der Waals surface area (Å²) < 4.78 is 11.2. The third-order valence-electron chi connectivity index (χ3n) is 4.85. The monoisotopic (exact) mass is 423 g/mol. The summed E-state index contributed by atoms with van der Waals surface area (Å²) in [5, 5.41) is 3.61. The van der Waals surface area contributed by atoms with Gasteiger partial charge in [0.05, 0.1) is 12.1 Å². The molecule has 0 bridgehead atoms. The van der Waals surface area contributed by atoms with Crippen LogP contribution in [0.4, 0.5) is 0 Å².